The highest BCUT2D eigenvalue weighted by atomic mass is 16.7. The van der Waals surface area contributed by atoms with Gasteiger partial charge in [-0.3, -0.25) is 0 Å². The lowest BCUT2D eigenvalue weighted by molar-refractivity contribution is 0.0367. The molecule has 4 nitrogen and oxygen atoms in total. The lowest BCUT2D eigenvalue weighted by Gasteiger charge is -2.18. The van der Waals surface area contributed by atoms with Crippen LogP contribution in [0.1, 0.15) is 50.2 Å². The first-order valence-corrected chi connectivity index (χ1v) is 8.71. The Labute approximate surface area is 149 Å². The van der Waals surface area contributed by atoms with E-state index in [1.807, 2.05) is 18.2 Å². The molecule has 2 aromatic carbocycles. The third-order valence-corrected chi connectivity index (χ3v) is 4.67. The van der Waals surface area contributed by atoms with Crippen LogP contribution in [0.25, 0.3) is 0 Å². The summed E-state index contributed by atoms with van der Waals surface area (Å²) in [7, 11) is 3.29. The van der Waals surface area contributed by atoms with Gasteiger partial charge in [-0.05, 0) is 47.2 Å². The Morgan fingerprint density at radius 1 is 0.840 bits per heavy atom. The van der Waals surface area contributed by atoms with Crippen LogP contribution in [0.2, 0.25) is 0 Å². The van der Waals surface area contributed by atoms with E-state index >= 15 is 0 Å². The Hall–Kier alpha value is -2.36. The van der Waals surface area contributed by atoms with Crippen LogP contribution >= 0.6 is 0 Å². The van der Waals surface area contributed by atoms with Crippen molar-refractivity contribution in [3.63, 3.8) is 0 Å². The molecule has 1 heterocycles. The topological polar surface area (TPSA) is 36.9 Å². The third-order valence-electron chi connectivity index (χ3n) is 4.67. The van der Waals surface area contributed by atoms with Gasteiger partial charge >= 0.3 is 0 Å². The minimum atomic E-state index is -0.263. The minimum Gasteiger partial charge on any atom is -0.493 e. The molecular weight excluding hydrogens is 316 g/mol. The first kappa shape index (κ1) is 17.5. The Bertz CT molecular complexity index is 739. The molecule has 25 heavy (non-hydrogen) atoms. The smallest absolute Gasteiger partial charge is 0.242 e. The fourth-order valence-corrected chi connectivity index (χ4v) is 3.06. The van der Waals surface area contributed by atoms with Crippen LogP contribution in [0.4, 0.5) is 0 Å². The van der Waals surface area contributed by atoms with E-state index in [-0.39, 0.29) is 12.2 Å². The van der Waals surface area contributed by atoms with Crippen LogP contribution in [0, 0.1) is 0 Å². The molecular formula is C21H26O4. The van der Waals surface area contributed by atoms with E-state index < -0.39 is 0 Å². The quantitative estimate of drug-likeness (QED) is 0.730. The molecule has 0 radical (unpaired) electrons. The second-order valence-corrected chi connectivity index (χ2v) is 6.78. The summed E-state index contributed by atoms with van der Waals surface area (Å²) < 4.78 is 22.7. The molecule has 4 heteroatoms. The Morgan fingerprint density at radius 2 is 1.52 bits per heavy atom. The molecule has 0 aliphatic carbocycles. The number of benzene rings is 2. The number of methoxy groups -OCH3 is 2. The normalized spacial score (nSPS) is 16.8. The van der Waals surface area contributed by atoms with E-state index in [0.29, 0.717) is 5.92 Å². The average molecular weight is 342 g/mol. The fraction of sp³-hybridized carbons (Fsp3) is 0.429. The van der Waals surface area contributed by atoms with E-state index in [1.165, 1.54) is 11.1 Å². The molecule has 0 saturated heterocycles. The highest BCUT2D eigenvalue weighted by molar-refractivity contribution is 5.46. The van der Waals surface area contributed by atoms with Gasteiger partial charge in [0.1, 0.15) is 0 Å². The van der Waals surface area contributed by atoms with Gasteiger partial charge in [-0.15, -0.1) is 0 Å². The minimum absolute atomic E-state index is 0.263. The molecule has 0 fully saturated rings. The van der Waals surface area contributed by atoms with Crippen LogP contribution < -0.4 is 18.9 Å². The van der Waals surface area contributed by atoms with Crippen LogP contribution in [0.5, 0.6) is 23.0 Å². The maximum absolute atomic E-state index is 6.01. The molecule has 134 valence electrons. The molecule has 2 unspecified atom stereocenters. The molecule has 1 aliphatic heterocycles. The summed E-state index contributed by atoms with van der Waals surface area (Å²) in [4.78, 5) is 0. The molecule has 0 spiro atoms. The number of hydrogen-bond donors (Lipinski definition) is 0. The fourth-order valence-electron chi connectivity index (χ4n) is 3.06. The lowest BCUT2D eigenvalue weighted by Crippen LogP contribution is -2.20. The molecule has 3 rings (SSSR count). The van der Waals surface area contributed by atoms with Gasteiger partial charge in [0, 0.05) is 6.42 Å². The van der Waals surface area contributed by atoms with Gasteiger partial charge in [0.2, 0.25) is 6.29 Å². The maximum Gasteiger partial charge on any atom is 0.242 e. The number of rotatable bonds is 6. The summed E-state index contributed by atoms with van der Waals surface area (Å²) in [6.45, 7) is 6.51. The van der Waals surface area contributed by atoms with Crippen molar-refractivity contribution in [2.45, 2.75) is 45.3 Å². The second-order valence-electron chi connectivity index (χ2n) is 6.78. The van der Waals surface area contributed by atoms with Gasteiger partial charge in [0.25, 0.3) is 0 Å². The zero-order valence-electron chi connectivity index (χ0n) is 15.5. The van der Waals surface area contributed by atoms with E-state index in [0.717, 1.165) is 29.4 Å². The van der Waals surface area contributed by atoms with Gasteiger partial charge in [0.05, 0.1) is 14.2 Å². The standard InChI is InChI=1S/C21H26O4/c1-13(2)15-6-9-18-20(11-15)25-21(24-18)10-14(3)16-7-8-17(22-4)19(12-16)23-5/h6-9,11-14,21H,10H2,1-5H3. The van der Waals surface area contributed by atoms with E-state index in [9.17, 15) is 0 Å². The van der Waals surface area contributed by atoms with Crippen LogP contribution in [-0.4, -0.2) is 20.5 Å². The van der Waals surface area contributed by atoms with Crippen molar-refractivity contribution in [1.82, 2.24) is 0 Å². The van der Waals surface area contributed by atoms with Crippen LogP contribution in [0.3, 0.4) is 0 Å². The Balaban J connectivity index is 1.69. The monoisotopic (exact) mass is 342 g/mol. The zero-order valence-corrected chi connectivity index (χ0v) is 15.5. The van der Waals surface area contributed by atoms with Crippen molar-refractivity contribution in [2.24, 2.45) is 0 Å². The summed E-state index contributed by atoms with van der Waals surface area (Å²) in [5, 5.41) is 0. The predicted octanol–water partition coefficient (Wildman–Crippen LogP) is 5.12. The summed E-state index contributed by atoms with van der Waals surface area (Å²) in [5.74, 6) is 3.89. The SMILES string of the molecule is COc1ccc(C(C)CC2Oc3ccc(C(C)C)cc3O2)cc1OC. The average Bonchev–Trinajstić information content (AvgIpc) is 3.02. The van der Waals surface area contributed by atoms with Crippen molar-refractivity contribution in [2.75, 3.05) is 14.2 Å². The van der Waals surface area contributed by atoms with Gasteiger partial charge < -0.3 is 18.9 Å². The summed E-state index contributed by atoms with van der Waals surface area (Å²) in [6.07, 6.45) is 0.502. The van der Waals surface area contributed by atoms with E-state index in [4.69, 9.17) is 18.9 Å². The molecule has 1 aliphatic rings. The molecule has 0 saturated carbocycles. The third kappa shape index (κ3) is 3.68. The first-order chi connectivity index (χ1) is 12.0. The summed E-state index contributed by atoms with van der Waals surface area (Å²) in [6, 6.07) is 12.2. The number of hydrogen-bond acceptors (Lipinski definition) is 4. The lowest BCUT2D eigenvalue weighted by atomic mass is 9.97. The summed E-state index contributed by atoms with van der Waals surface area (Å²) in [5.41, 5.74) is 2.43. The second kappa shape index (κ2) is 7.26. The van der Waals surface area contributed by atoms with Crippen molar-refractivity contribution in [1.29, 1.82) is 0 Å². The zero-order chi connectivity index (χ0) is 18.0. The van der Waals surface area contributed by atoms with Gasteiger partial charge in [-0.2, -0.15) is 0 Å². The van der Waals surface area contributed by atoms with Gasteiger partial charge in [0.15, 0.2) is 23.0 Å². The van der Waals surface area contributed by atoms with Crippen LogP contribution in [-0.2, 0) is 0 Å². The molecule has 0 aromatic heterocycles. The van der Waals surface area contributed by atoms with Crippen molar-refractivity contribution in [3.05, 3.63) is 47.5 Å². The summed E-state index contributed by atoms with van der Waals surface area (Å²) >= 11 is 0. The highest BCUT2D eigenvalue weighted by Gasteiger charge is 2.27. The first-order valence-electron chi connectivity index (χ1n) is 8.71. The maximum atomic E-state index is 6.01. The molecule has 0 amide bonds. The van der Waals surface area contributed by atoms with Gasteiger partial charge in [-0.1, -0.05) is 32.9 Å². The highest BCUT2D eigenvalue weighted by Crippen LogP contribution is 2.40. The molecule has 0 bridgehead atoms. The van der Waals surface area contributed by atoms with Gasteiger partial charge in [-0.25, -0.2) is 0 Å². The largest absolute Gasteiger partial charge is 0.493 e. The number of ether oxygens (including phenoxy) is 4. The molecule has 2 atom stereocenters. The van der Waals surface area contributed by atoms with Crippen molar-refractivity contribution in [3.8, 4) is 23.0 Å². The number of fused-ring (bicyclic) bond motifs is 1. The van der Waals surface area contributed by atoms with Crippen molar-refractivity contribution >= 4 is 0 Å². The Kier molecular flexibility index (Phi) is 5.07. The molecule has 2 aromatic rings. The van der Waals surface area contributed by atoms with Crippen LogP contribution in [0.15, 0.2) is 36.4 Å². The predicted molar refractivity (Wildman–Crippen MR) is 98.2 cm³/mol. The van der Waals surface area contributed by atoms with E-state index in [1.54, 1.807) is 14.2 Å². The van der Waals surface area contributed by atoms with E-state index in [2.05, 4.69) is 39.0 Å². The van der Waals surface area contributed by atoms with Crippen molar-refractivity contribution < 1.29 is 18.9 Å². The molecule has 0 N–H and O–H groups in total. The Morgan fingerprint density at radius 3 is 2.20 bits per heavy atom.